The number of halogens is 1. The monoisotopic (exact) mass is 445 g/mol. The Bertz CT molecular complexity index is 1070. The first-order chi connectivity index (χ1) is 14.5. The van der Waals surface area contributed by atoms with E-state index in [0.29, 0.717) is 31.1 Å². The Morgan fingerprint density at radius 1 is 0.967 bits per heavy atom. The van der Waals surface area contributed by atoms with Crippen molar-refractivity contribution in [2.24, 2.45) is 0 Å². The van der Waals surface area contributed by atoms with Gasteiger partial charge in [0.1, 0.15) is 10.8 Å². The van der Waals surface area contributed by atoms with Gasteiger partial charge < -0.3 is 5.32 Å². The van der Waals surface area contributed by atoms with E-state index >= 15 is 0 Å². The van der Waals surface area contributed by atoms with Crippen LogP contribution in [0.5, 0.6) is 0 Å². The molecule has 4 rings (SSSR count). The van der Waals surface area contributed by atoms with Gasteiger partial charge in [0.05, 0.1) is 10.6 Å². The summed E-state index contributed by atoms with van der Waals surface area (Å²) in [6, 6.07) is 13.4. The smallest absolute Gasteiger partial charge is 0.243 e. The zero-order valence-electron chi connectivity index (χ0n) is 16.6. The summed E-state index contributed by atoms with van der Waals surface area (Å²) >= 11 is 1.53. The molecule has 5 nitrogen and oxygen atoms in total. The SMILES string of the molecule is O=S(=O)(c1ccc(CNCc2csc(-c3ccc(F)cc3)n2)cc1)N1CCCCC1. The zero-order chi connectivity index (χ0) is 21.0. The molecule has 0 amide bonds. The van der Waals surface area contributed by atoms with E-state index in [2.05, 4.69) is 10.3 Å². The molecule has 3 aromatic rings. The first-order valence-electron chi connectivity index (χ1n) is 10.0. The Labute approximate surface area is 180 Å². The summed E-state index contributed by atoms with van der Waals surface area (Å²) in [5, 5.41) is 6.18. The van der Waals surface area contributed by atoms with Crippen molar-refractivity contribution < 1.29 is 12.8 Å². The maximum absolute atomic E-state index is 13.1. The fourth-order valence-corrected chi connectivity index (χ4v) is 5.82. The second-order valence-electron chi connectivity index (χ2n) is 7.36. The molecule has 1 aliphatic heterocycles. The standard InChI is InChI=1S/C22H24FN3O2S2/c23-19-8-6-18(7-9-19)22-25-20(16-29-22)15-24-14-17-4-10-21(11-5-17)30(27,28)26-12-2-1-3-13-26/h4-11,16,24H,1-3,12-15H2. The van der Waals surface area contributed by atoms with Gasteiger partial charge in [-0.05, 0) is 54.8 Å². The van der Waals surface area contributed by atoms with Gasteiger partial charge in [-0.25, -0.2) is 17.8 Å². The molecule has 158 valence electrons. The number of sulfonamides is 1. The minimum absolute atomic E-state index is 0.257. The Morgan fingerprint density at radius 3 is 2.37 bits per heavy atom. The van der Waals surface area contributed by atoms with Crippen molar-refractivity contribution in [3.63, 3.8) is 0 Å². The molecule has 0 atom stereocenters. The van der Waals surface area contributed by atoms with Crippen LogP contribution in [0.15, 0.2) is 58.8 Å². The molecule has 2 heterocycles. The van der Waals surface area contributed by atoms with Crippen LogP contribution in [-0.2, 0) is 23.1 Å². The van der Waals surface area contributed by atoms with E-state index in [0.717, 1.165) is 41.1 Å². The van der Waals surface area contributed by atoms with E-state index in [1.54, 1.807) is 28.6 Å². The first kappa shape index (κ1) is 21.1. The molecular weight excluding hydrogens is 421 g/mol. The molecule has 0 aliphatic carbocycles. The summed E-state index contributed by atoms with van der Waals surface area (Å²) in [4.78, 5) is 4.95. The van der Waals surface area contributed by atoms with Gasteiger partial charge >= 0.3 is 0 Å². The van der Waals surface area contributed by atoms with Crippen LogP contribution >= 0.6 is 11.3 Å². The molecule has 0 saturated carbocycles. The van der Waals surface area contributed by atoms with E-state index in [1.165, 1.54) is 23.5 Å². The summed E-state index contributed by atoms with van der Waals surface area (Å²) in [7, 11) is -3.39. The van der Waals surface area contributed by atoms with Crippen LogP contribution in [0.25, 0.3) is 10.6 Å². The maximum Gasteiger partial charge on any atom is 0.243 e. The molecule has 2 aromatic carbocycles. The summed E-state index contributed by atoms with van der Waals surface area (Å²) < 4.78 is 40.1. The molecule has 1 fully saturated rings. The highest BCUT2D eigenvalue weighted by molar-refractivity contribution is 7.89. The molecule has 1 aliphatic rings. The van der Waals surface area contributed by atoms with E-state index in [1.807, 2.05) is 17.5 Å². The number of benzene rings is 2. The second kappa shape index (κ2) is 9.34. The summed E-state index contributed by atoms with van der Waals surface area (Å²) in [5.41, 5.74) is 2.84. The van der Waals surface area contributed by atoms with Crippen LogP contribution in [0.1, 0.15) is 30.5 Å². The number of aromatic nitrogens is 1. The van der Waals surface area contributed by atoms with E-state index in [4.69, 9.17) is 0 Å². The van der Waals surface area contributed by atoms with Crippen molar-refractivity contribution in [1.82, 2.24) is 14.6 Å². The third-order valence-electron chi connectivity index (χ3n) is 5.15. The summed E-state index contributed by atoms with van der Waals surface area (Å²) in [6.07, 6.45) is 2.96. The number of hydrogen-bond acceptors (Lipinski definition) is 5. The third-order valence-corrected chi connectivity index (χ3v) is 8.01. The van der Waals surface area contributed by atoms with Crippen LogP contribution in [0.2, 0.25) is 0 Å². The van der Waals surface area contributed by atoms with Crippen LogP contribution in [0.3, 0.4) is 0 Å². The van der Waals surface area contributed by atoms with Gasteiger partial charge in [-0.1, -0.05) is 18.6 Å². The molecule has 1 saturated heterocycles. The average molecular weight is 446 g/mol. The Balaban J connectivity index is 1.32. The summed E-state index contributed by atoms with van der Waals surface area (Å²) in [5.74, 6) is -0.257. The maximum atomic E-state index is 13.1. The lowest BCUT2D eigenvalue weighted by molar-refractivity contribution is 0.346. The quantitative estimate of drug-likeness (QED) is 0.585. The highest BCUT2D eigenvalue weighted by Gasteiger charge is 2.25. The average Bonchev–Trinajstić information content (AvgIpc) is 3.24. The van der Waals surface area contributed by atoms with Crippen molar-refractivity contribution in [2.45, 2.75) is 37.2 Å². The molecule has 0 radical (unpaired) electrons. The predicted molar refractivity (Wildman–Crippen MR) is 117 cm³/mol. The Kier molecular flexibility index (Phi) is 6.58. The van der Waals surface area contributed by atoms with Crippen molar-refractivity contribution in [1.29, 1.82) is 0 Å². The fraction of sp³-hybridized carbons (Fsp3) is 0.318. The van der Waals surface area contributed by atoms with Crippen molar-refractivity contribution in [3.05, 3.63) is 71.0 Å². The number of piperidine rings is 1. The van der Waals surface area contributed by atoms with Crippen LogP contribution < -0.4 is 5.32 Å². The first-order valence-corrected chi connectivity index (χ1v) is 12.3. The lowest BCUT2D eigenvalue weighted by Crippen LogP contribution is -2.35. The Morgan fingerprint density at radius 2 is 1.67 bits per heavy atom. The van der Waals surface area contributed by atoms with Crippen LogP contribution in [0, 0.1) is 5.82 Å². The van der Waals surface area contributed by atoms with E-state index in [-0.39, 0.29) is 5.82 Å². The molecule has 8 heteroatoms. The molecule has 0 unspecified atom stereocenters. The summed E-state index contributed by atoms with van der Waals surface area (Å²) in [6.45, 7) is 2.44. The van der Waals surface area contributed by atoms with Crippen molar-refractivity contribution in [2.75, 3.05) is 13.1 Å². The number of nitrogens with one attached hydrogen (secondary N) is 1. The van der Waals surface area contributed by atoms with E-state index in [9.17, 15) is 12.8 Å². The topological polar surface area (TPSA) is 62.3 Å². The van der Waals surface area contributed by atoms with Gasteiger partial charge in [-0.3, -0.25) is 0 Å². The number of rotatable bonds is 7. The normalized spacial score (nSPS) is 15.4. The highest BCUT2D eigenvalue weighted by atomic mass is 32.2. The van der Waals surface area contributed by atoms with Gasteiger partial charge in [0, 0.05) is 37.1 Å². The van der Waals surface area contributed by atoms with Gasteiger partial charge in [-0.15, -0.1) is 11.3 Å². The number of thiazole rings is 1. The minimum Gasteiger partial charge on any atom is -0.307 e. The van der Waals surface area contributed by atoms with Crippen LogP contribution in [0.4, 0.5) is 4.39 Å². The minimum atomic E-state index is -3.39. The zero-order valence-corrected chi connectivity index (χ0v) is 18.2. The van der Waals surface area contributed by atoms with Gasteiger partial charge in [0.25, 0.3) is 0 Å². The number of nitrogens with zero attached hydrogens (tertiary/aromatic N) is 2. The second-order valence-corrected chi connectivity index (χ2v) is 10.2. The molecular formula is C22H24FN3O2S2. The molecule has 1 aromatic heterocycles. The highest BCUT2D eigenvalue weighted by Crippen LogP contribution is 2.24. The van der Waals surface area contributed by atoms with Gasteiger partial charge in [0.2, 0.25) is 10.0 Å². The Hall–Kier alpha value is -2.13. The lowest BCUT2D eigenvalue weighted by Gasteiger charge is -2.25. The van der Waals surface area contributed by atoms with Gasteiger partial charge in [-0.2, -0.15) is 4.31 Å². The molecule has 0 spiro atoms. The van der Waals surface area contributed by atoms with Gasteiger partial charge in [0.15, 0.2) is 0 Å². The largest absolute Gasteiger partial charge is 0.307 e. The van der Waals surface area contributed by atoms with Crippen molar-refractivity contribution >= 4 is 21.4 Å². The third kappa shape index (κ3) is 4.95. The molecule has 1 N–H and O–H groups in total. The lowest BCUT2D eigenvalue weighted by atomic mass is 10.2. The van der Waals surface area contributed by atoms with Crippen LogP contribution in [-0.4, -0.2) is 30.8 Å². The molecule has 30 heavy (non-hydrogen) atoms. The number of hydrogen-bond donors (Lipinski definition) is 1. The predicted octanol–water partition coefficient (Wildman–Crippen LogP) is 4.41. The fourth-order valence-electron chi connectivity index (χ4n) is 3.48. The van der Waals surface area contributed by atoms with E-state index < -0.39 is 10.0 Å². The molecule has 0 bridgehead atoms. The van der Waals surface area contributed by atoms with Crippen molar-refractivity contribution in [3.8, 4) is 10.6 Å².